The van der Waals surface area contributed by atoms with E-state index in [9.17, 15) is 10.0 Å². The largest absolute Gasteiger partial charge is 0.618 e. The molecule has 1 N–H and O–H groups in total. The minimum absolute atomic E-state index is 0.125. The Morgan fingerprint density at radius 3 is 2.71 bits per heavy atom. The van der Waals surface area contributed by atoms with E-state index in [0.29, 0.717) is 18.2 Å². The summed E-state index contributed by atoms with van der Waals surface area (Å²) in [6.07, 6.45) is 1.41. The van der Waals surface area contributed by atoms with E-state index >= 15 is 0 Å². The van der Waals surface area contributed by atoms with Crippen LogP contribution in [-0.2, 0) is 4.79 Å². The number of carbonyl (C=O) groups excluding carboxylic acids is 1. The first-order valence-electron chi connectivity index (χ1n) is 6.51. The van der Waals surface area contributed by atoms with Crippen molar-refractivity contribution in [3.05, 3.63) is 59.9 Å². The maximum atomic E-state index is 11.6. The zero-order valence-electron chi connectivity index (χ0n) is 11.4. The average Bonchev–Trinajstić information content (AvgIpc) is 2.52. The lowest BCUT2D eigenvalue weighted by molar-refractivity contribution is -0.645. The normalized spacial score (nSPS) is 10.1. The van der Waals surface area contributed by atoms with Gasteiger partial charge < -0.3 is 15.3 Å². The number of nitrogens with one attached hydrogen (secondary N) is 1. The summed E-state index contributed by atoms with van der Waals surface area (Å²) in [5.41, 5.74) is 0. The molecule has 1 heterocycles. The summed E-state index contributed by atoms with van der Waals surface area (Å²) >= 11 is 1.21. The third-order valence-electron chi connectivity index (χ3n) is 2.58. The van der Waals surface area contributed by atoms with Crippen LogP contribution >= 0.6 is 11.8 Å². The first kappa shape index (κ1) is 15.2. The average molecular weight is 304 g/mol. The molecule has 6 heteroatoms. The van der Waals surface area contributed by atoms with Crippen LogP contribution in [0.5, 0.6) is 5.75 Å². The Balaban J connectivity index is 1.63. The maximum Gasteiger partial charge on any atom is 0.251 e. The number of para-hydroxylation sites is 1. The Morgan fingerprint density at radius 2 is 1.95 bits per heavy atom. The number of hydrogen-bond acceptors (Lipinski definition) is 4. The van der Waals surface area contributed by atoms with Gasteiger partial charge in [0, 0.05) is 12.1 Å². The molecule has 0 atom stereocenters. The van der Waals surface area contributed by atoms with Crippen molar-refractivity contribution in [1.29, 1.82) is 0 Å². The van der Waals surface area contributed by atoms with Gasteiger partial charge in [0.2, 0.25) is 5.91 Å². The highest BCUT2D eigenvalue weighted by molar-refractivity contribution is 7.99. The number of hydrogen-bond donors (Lipinski definition) is 1. The van der Waals surface area contributed by atoms with Gasteiger partial charge in [-0.2, -0.15) is 4.73 Å². The predicted molar refractivity (Wildman–Crippen MR) is 81.1 cm³/mol. The SMILES string of the molecule is O=C(CSc1cccc[n+]1[O-])NCCOc1ccccc1. The van der Waals surface area contributed by atoms with Gasteiger partial charge in [-0.25, -0.2) is 0 Å². The second kappa shape index (κ2) is 8.16. The quantitative estimate of drug-likeness (QED) is 0.365. The van der Waals surface area contributed by atoms with E-state index in [1.165, 1.54) is 18.0 Å². The summed E-state index contributed by atoms with van der Waals surface area (Å²) in [5.74, 6) is 0.857. The van der Waals surface area contributed by atoms with Crippen molar-refractivity contribution in [2.24, 2.45) is 0 Å². The highest BCUT2D eigenvalue weighted by Gasteiger charge is 2.08. The van der Waals surface area contributed by atoms with E-state index in [1.54, 1.807) is 18.2 Å². The van der Waals surface area contributed by atoms with Gasteiger partial charge in [0.15, 0.2) is 6.20 Å². The van der Waals surface area contributed by atoms with Crippen LogP contribution in [0.2, 0.25) is 0 Å². The molecule has 2 aromatic rings. The second-order valence-corrected chi connectivity index (χ2v) is 5.16. The summed E-state index contributed by atoms with van der Waals surface area (Å²) in [6.45, 7) is 0.841. The van der Waals surface area contributed by atoms with Crippen LogP contribution < -0.4 is 14.8 Å². The van der Waals surface area contributed by atoms with Crippen LogP contribution in [0.4, 0.5) is 0 Å². The zero-order chi connectivity index (χ0) is 14.9. The van der Waals surface area contributed by atoms with Crippen molar-refractivity contribution in [1.82, 2.24) is 5.32 Å². The number of benzene rings is 1. The molecule has 0 spiro atoms. The molecule has 0 aliphatic heterocycles. The smallest absolute Gasteiger partial charge is 0.251 e. The van der Waals surface area contributed by atoms with Crippen LogP contribution in [0, 0.1) is 5.21 Å². The van der Waals surface area contributed by atoms with Crippen molar-refractivity contribution < 1.29 is 14.3 Å². The van der Waals surface area contributed by atoms with Gasteiger partial charge in [-0.15, -0.1) is 0 Å². The Hall–Kier alpha value is -2.21. The molecule has 1 aromatic carbocycles. The lowest BCUT2D eigenvalue weighted by Crippen LogP contribution is -2.31. The molecule has 0 saturated carbocycles. The number of rotatable bonds is 7. The molecule has 1 amide bonds. The molecule has 1 aromatic heterocycles. The predicted octanol–water partition coefficient (Wildman–Crippen LogP) is 1.61. The van der Waals surface area contributed by atoms with Crippen LogP contribution in [-0.4, -0.2) is 24.8 Å². The third-order valence-corrected chi connectivity index (χ3v) is 3.59. The number of pyridine rings is 1. The van der Waals surface area contributed by atoms with Crippen LogP contribution in [0.3, 0.4) is 0 Å². The lowest BCUT2D eigenvalue weighted by atomic mass is 10.3. The van der Waals surface area contributed by atoms with Crippen LogP contribution in [0.1, 0.15) is 0 Å². The summed E-state index contributed by atoms with van der Waals surface area (Å²) in [4.78, 5) is 11.6. The van der Waals surface area contributed by atoms with Crippen molar-refractivity contribution in [3.8, 4) is 5.75 Å². The van der Waals surface area contributed by atoms with Crippen LogP contribution in [0.25, 0.3) is 0 Å². The number of thioether (sulfide) groups is 1. The Labute approximate surface area is 127 Å². The highest BCUT2D eigenvalue weighted by Crippen LogP contribution is 2.11. The fraction of sp³-hybridized carbons (Fsp3) is 0.200. The number of nitrogens with zero attached hydrogens (tertiary/aromatic N) is 1. The third kappa shape index (κ3) is 5.35. The lowest BCUT2D eigenvalue weighted by Gasteiger charge is -2.07. The monoisotopic (exact) mass is 304 g/mol. The number of carbonyl (C=O) groups is 1. The first-order valence-corrected chi connectivity index (χ1v) is 7.50. The molecule has 0 radical (unpaired) electrons. The summed E-state index contributed by atoms with van der Waals surface area (Å²) < 4.78 is 6.21. The maximum absolute atomic E-state index is 11.6. The van der Waals surface area contributed by atoms with Gasteiger partial charge in [-0.3, -0.25) is 4.79 Å². The van der Waals surface area contributed by atoms with Gasteiger partial charge in [0.05, 0.1) is 12.3 Å². The number of amides is 1. The molecule has 0 aliphatic rings. The van der Waals surface area contributed by atoms with E-state index in [2.05, 4.69) is 5.32 Å². The molecule has 2 rings (SSSR count). The fourth-order valence-electron chi connectivity index (χ4n) is 1.59. The van der Waals surface area contributed by atoms with Gasteiger partial charge in [0.1, 0.15) is 12.4 Å². The summed E-state index contributed by atoms with van der Waals surface area (Å²) in [6, 6.07) is 14.5. The second-order valence-electron chi connectivity index (χ2n) is 4.16. The van der Waals surface area contributed by atoms with E-state index in [0.717, 1.165) is 10.5 Å². The minimum Gasteiger partial charge on any atom is -0.618 e. The van der Waals surface area contributed by atoms with Crippen molar-refractivity contribution in [3.63, 3.8) is 0 Å². The van der Waals surface area contributed by atoms with Crippen molar-refractivity contribution in [2.75, 3.05) is 18.9 Å². The van der Waals surface area contributed by atoms with Crippen LogP contribution in [0.15, 0.2) is 59.8 Å². The number of ether oxygens (including phenoxy) is 1. The molecule has 110 valence electrons. The standard InChI is InChI=1S/C15H16N2O3S/c18-14(12-21-15-8-4-5-10-17(15)19)16-9-11-20-13-6-2-1-3-7-13/h1-8,10H,9,11-12H2,(H,16,18). The molecule has 21 heavy (non-hydrogen) atoms. The topological polar surface area (TPSA) is 65.3 Å². The first-order chi connectivity index (χ1) is 10.3. The van der Waals surface area contributed by atoms with Crippen molar-refractivity contribution >= 4 is 17.7 Å². The molecule has 0 aliphatic carbocycles. The fourth-order valence-corrected chi connectivity index (χ4v) is 2.33. The molecule has 0 unspecified atom stereocenters. The number of aromatic nitrogens is 1. The molecule has 5 nitrogen and oxygen atoms in total. The Kier molecular flexibility index (Phi) is 5.90. The highest BCUT2D eigenvalue weighted by atomic mass is 32.2. The molecular weight excluding hydrogens is 288 g/mol. The van der Waals surface area contributed by atoms with E-state index in [4.69, 9.17) is 4.74 Å². The Morgan fingerprint density at radius 1 is 1.19 bits per heavy atom. The van der Waals surface area contributed by atoms with Gasteiger partial charge in [-0.1, -0.05) is 18.2 Å². The summed E-state index contributed by atoms with van der Waals surface area (Å²) in [7, 11) is 0. The van der Waals surface area contributed by atoms with Gasteiger partial charge >= 0.3 is 0 Å². The van der Waals surface area contributed by atoms with E-state index < -0.39 is 0 Å². The molecule has 0 bridgehead atoms. The minimum atomic E-state index is -0.125. The van der Waals surface area contributed by atoms with Crippen molar-refractivity contribution in [2.45, 2.75) is 5.03 Å². The summed E-state index contributed by atoms with van der Waals surface area (Å²) in [5, 5.41) is 14.6. The van der Waals surface area contributed by atoms with Gasteiger partial charge in [0.25, 0.3) is 5.03 Å². The Bertz CT molecular complexity index is 578. The van der Waals surface area contributed by atoms with E-state index in [1.807, 2.05) is 30.3 Å². The molecule has 0 fully saturated rings. The van der Waals surface area contributed by atoms with Gasteiger partial charge in [-0.05, 0) is 30.0 Å². The molecule has 0 saturated heterocycles. The van der Waals surface area contributed by atoms with E-state index in [-0.39, 0.29) is 11.7 Å². The zero-order valence-corrected chi connectivity index (χ0v) is 12.2. The molecular formula is C15H16N2O3S.